The van der Waals surface area contributed by atoms with Crippen LogP contribution < -0.4 is 5.32 Å². The average molecular weight is 217 g/mol. The van der Waals surface area contributed by atoms with Crippen LogP contribution >= 0.6 is 0 Å². The first-order valence-electron chi connectivity index (χ1n) is 5.31. The fourth-order valence-electron chi connectivity index (χ4n) is 1.39. The number of aryl methyl sites for hydroxylation is 1. The van der Waals surface area contributed by atoms with Crippen LogP contribution in [0.25, 0.3) is 0 Å². The van der Waals surface area contributed by atoms with Gasteiger partial charge < -0.3 is 5.32 Å². The number of nitrogens with zero attached hydrogens (tertiary/aromatic N) is 3. The molecular weight excluding hydrogens is 202 g/mol. The SMILES string of the molecule is Cc1ccc(CNCCc2ncn[nH]2)cn1. The molecule has 0 aliphatic heterocycles. The molecule has 0 bridgehead atoms. The topological polar surface area (TPSA) is 66.5 Å². The number of aromatic nitrogens is 4. The number of hydrogen-bond donors (Lipinski definition) is 2. The van der Waals surface area contributed by atoms with Crippen molar-refractivity contribution in [2.75, 3.05) is 6.54 Å². The number of nitrogens with one attached hydrogen (secondary N) is 2. The van der Waals surface area contributed by atoms with Gasteiger partial charge in [-0.05, 0) is 18.6 Å². The lowest BCUT2D eigenvalue weighted by atomic mass is 10.2. The smallest absolute Gasteiger partial charge is 0.137 e. The standard InChI is InChI=1S/C11H15N5/c1-9-2-3-10(7-13-9)6-12-5-4-11-14-8-15-16-11/h2-3,7-8,12H,4-6H2,1H3,(H,14,15,16). The second-order valence-corrected chi connectivity index (χ2v) is 3.67. The van der Waals surface area contributed by atoms with Gasteiger partial charge in [0.1, 0.15) is 12.2 Å². The van der Waals surface area contributed by atoms with Gasteiger partial charge in [0, 0.05) is 31.4 Å². The van der Waals surface area contributed by atoms with Crippen LogP contribution in [0.1, 0.15) is 17.1 Å². The van der Waals surface area contributed by atoms with E-state index in [1.807, 2.05) is 19.2 Å². The third kappa shape index (κ3) is 3.13. The number of hydrogen-bond acceptors (Lipinski definition) is 4. The Kier molecular flexibility index (Phi) is 3.61. The van der Waals surface area contributed by atoms with Gasteiger partial charge in [0.25, 0.3) is 0 Å². The van der Waals surface area contributed by atoms with Crippen molar-refractivity contribution >= 4 is 0 Å². The lowest BCUT2D eigenvalue weighted by molar-refractivity contribution is 0.670. The third-order valence-electron chi connectivity index (χ3n) is 2.31. The van der Waals surface area contributed by atoms with Crippen molar-refractivity contribution in [1.29, 1.82) is 0 Å². The Morgan fingerprint density at radius 3 is 2.94 bits per heavy atom. The molecule has 2 aromatic rings. The van der Waals surface area contributed by atoms with Crippen molar-refractivity contribution < 1.29 is 0 Å². The predicted molar refractivity (Wildman–Crippen MR) is 60.8 cm³/mol. The zero-order chi connectivity index (χ0) is 11.2. The van der Waals surface area contributed by atoms with Gasteiger partial charge in [-0.15, -0.1) is 0 Å². The number of aromatic amines is 1. The minimum absolute atomic E-state index is 0.835. The van der Waals surface area contributed by atoms with Crippen LogP contribution in [0, 0.1) is 6.92 Å². The molecule has 0 aromatic carbocycles. The lowest BCUT2D eigenvalue weighted by Gasteiger charge is -2.03. The van der Waals surface area contributed by atoms with E-state index in [-0.39, 0.29) is 0 Å². The molecule has 2 aromatic heterocycles. The number of pyridine rings is 1. The van der Waals surface area contributed by atoms with Crippen molar-refractivity contribution in [1.82, 2.24) is 25.5 Å². The summed E-state index contributed by atoms with van der Waals surface area (Å²) in [5.74, 6) is 0.912. The van der Waals surface area contributed by atoms with Gasteiger partial charge in [0.2, 0.25) is 0 Å². The Balaban J connectivity index is 1.70. The highest BCUT2D eigenvalue weighted by atomic mass is 15.2. The van der Waals surface area contributed by atoms with Crippen LogP contribution in [0.3, 0.4) is 0 Å². The van der Waals surface area contributed by atoms with Crippen molar-refractivity contribution in [3.63, 3.8) is 0 Å². The third-order valence-corrected chi connectivity index (χ3v) is 2.31. The zero-order valence-electron chi connectivity index (χ0n) is 9.27. The largest absolute Gasteiger partial charge is 0.312 e. The van der Waals surface area contributed by atoms with Crippen LogP contribution in [0.5, 0.6) is 0 Å². The van der Waals surface area contributed by atoms with Crippen LogP contribution in [-0.4, -0.2) is 26.7 Å². The molecule has 0 radical (unpaired) electrons. The minimum Gasteiger partial charge on any atom is -0.312 e. The van der Waals surface area contributed by atoms with Gasteiger partial charge in [-0.3, -0.25) is 10.1 Å². The molecule has 5 heteroatoms. The van der Waals surface area contributed by atoms with Crippen molar-refractivity contribution in [3.8, 4) is 0 Å². The summed E-state index contributed by atoms with van der Waals surface area (Å²) in [5.41, 5.74) is 2.24. The molecule has 0 saturated heterocycles. The molecule has 0 unspecified atom stereocenters. The lowest BCUT2D eigenvalue weighted by Crippen LogP contribution is -2.17. The molecule has 2 rings (SSSR count). The molecule has 2 N–H and O–H groups in total. The molecule has 0 aliphatic carbocycles. The molecule has 5 nitrogen and oxygen atoms in total. The summed E-state index contributed by atoms with van der Waals surface area (Å²) in [6.45, 7) is 3.70. The van der Waals surface area contributed by atoms with Crippen LogP contribution in [0.15, 0.2) is 24.7 Å². The summed E-state index contributed by atoms with van der Waals surface area (Å²) in [6.07, 6.45) is 4.29. The molecule has 0 aliphatic rings. The van der Waals surface area contributed by atoms with E-state index in [9.17, 15) is 0 Å². The highest BCUT2D eigenvalue weighted by molar-refractivity contribution is 5.12. The highest BCUT2D eigenvalue weighted by Gasteiger charge is 1.96. The molecule has 16 heavy (non-hydrogen) atoms. The van der Waals surface area contributed by atoms with E-state index in [1.54, 1.807) is 0 Å². The number of rotatable bonds is 5. The summed E-state index contributed by atoms with van der Waals surface area (Å²) in [4.78, 5) is 8.29. The van der Waals surface area contributed by atoms with Crippen LogP contribution in [0.4, 0.5) is 0 Å². The predicted octanol–water partition coefficient (Wildman–Crippen LogP) is 0.840. The maximum Gasteiger partial charge on any atom is 0.137 e. The fourth-order valence-corrected chi connectivity index (χ4v) is 1.39. The Morgan fingerprint density at radius 2 is 2.25 bits per heavy atom. The minimum atomic E-state index is 0.835. The molecule has 0 fully saturated rings. The highest BCUT2D eigenvalue weighted by Crippen LogP contribution is 1.98. The van der Waals surface area contributed by atoms with E-state index < -0.39 is 0 Å². The maximum absolute atomic E-state index is 4.24. The summed E-state index contributed by atoms with van der Waals surface area (Å²) in [6, 6.07) is 4.11. The van der Waals surface area contributed by atoms with Gasteiger partial charge >= 0.3 is 0 Å². The Labute approximate surface area is 94.3 Å². The van der Waals surface area contributed by atoms with E-state index in [0.29, 0.717) is 0 Å². The molecule has 0 amide bonds. The summed E-state index contributed by atoms with van der Waals surface area (Å²) in [5, 5.41) is 9.96. The van der Waals surface area contributed by atoms with Crippen LogP contribution in [-0.2, 0) is 13.0 Å². The van der Waals surface area contributed by atoms with E-state index in [1.165, 1.54) is 11.9 Å². The molecular formula is C11H15N5. The Hall–Kier alpha value is -1.75. The quantitative estimate of drug-likeness (QED) is 0.728. The van der Waals surface area contributed by atoms with E-state index in [2.05, 4.69) is 31.5 Å². The second kappa shape index (κ2) is 5.37. The van der Waals surface area contributed by atoms with Crippen molar-refractivity contribution in [3.05, 3.63) is 41.7 Å². The normalized spacial score (nSPS) is 10.6. The Morgan fingerprint density at radius 1 is 1.31 bits per heavy atom. The van der Waals surface area contributed by atoms with Gasteiger partial charge in [-0.2, -0.15) is 5.10 Å². The second-order valence-electron chi connectivity index (χ2n) is 3.67. The zero-order valence-corrected chi connectivity index (χ0v) is 9.27. The first kappa shape index (κ1) is 10.8. The van der Waals surface area contributed by atoms with Gasteiger partial charge in [-0.25, -0.2) is 4.98 Å². The summed E-state index contributed by atoms with van der Waals surface area (Å²) in [7, 11) is 0. The first-order chi connectivity index (χ1) is 7.84. The Bertz CT molecular complexity index is 406. The molecule has 2 heterocycles. The monoisotopic (exact) mass is 217 g/mol. The molecule has 0 spiro atoms. The molecule has 0 saturated carbocycles. The van der Waals surface area contributed by atoms with Crippen LogP contribution in [0.2, 0.25) is 0 Å². The number of H-pyrrole nitrogens is 1. The fraction of sp³-hybridized carbons (Fsp3) is 0.364. The van der Waals surface area contributed by atoms with Gasteiger partial charge in [0.05, 0.1) is 0 Å². The van der Waals surface area contributed by atoms with E-state index in [0.717, 1.165) is 31.0 Å². The van der Waals surface area contributed by atoms with E-state index in [4.69, 9.17) is 0 Å². The van der Waals surface area contributed by atoms with Crippen molar-refractivity contribution in [2.24, 2.45) is 0 Å². The van der Waals surface area contributed by atoms with Gasteiger partial charge in [0.15, 0.2) is 0 Å². The van der Waals surface area contributed by atoms with Crippen molar-refractivity contribution in [2.45, 2.75) is 19.9 Å². The van der Waals surface area contributed by atoms with Gasteiger partial charge in [-0.1, -0.05) is 6.07 Å². The van der Waals surface area contributed by atoms with E-state index >= 15 is 0 Å². The average Bonchev–Trinajstić information content (AvgIpc) is 2.80. The summed E-state index contributed by atoms with van der Waals surface area (Å²) < 4.78 is 0. The molecule has 0 atom stereocenters. The maximum atomic E-state index is 4.24. The summed E-state index contributed by atoms with van der Waals surface area (Å²) >= 11 is 0. The first-order valence-corrected chi connectivity index (χ1v) is 5.31. The molecule has 84 valence electrons.